The Bertz CT molecular complexity index is 278. The first-order valence-electron chi connectivity index (χ1n) is 9.94. The van der Waals surface area contributed by atoms with E-state index in [9.17, 15) is 4.79 Å². The number of carboxylic acid groups (broad SMARTS) is 1. The van der Waals surface area contributed by atoms with Crippen molar-refractivity contribution in [3.05, 3.63) is 0 Å². The highest BCUT2D eigenvalue weighted by Gasteiger charge is 2.31. The fourth-order valence-electron chi connectivity index (χ4n) is 2.73. The van der Waals surface area contributed by atoms with E-state index in [-0.39, 0.29) is 0 Å². The molecule has 138 valence electrons. The highest BCUT2D eigenvalue weighted by atomic mass is 16.5. The average Bonchev–Trinajstić information content (AvgIpc) is 2.54. The van der Waals surface area contributed by atoms with Crippen molar-refractivity contribution in [1.29, 1.82) is 0 Å². The Morgan fingerprint density at radius 2 is 1.17 bits per heavy atom. The molecule has 0 heterocycles. The molecule has 0 aliphatic heterocycles. The summed E-state index contributed by atoms with van der Waals surface area (Å²) in [6.45, 7) is 6.35. The molecule has 0 amide bonds. The van der Waals surface area contributed by atoms with Crippen LogP contribution in [0.5, 0.6) is 0 Å². The summed E-state index contributed by atoms with van der Waals surface area (Å²) in [5.74, 6) is -0.852. The molecule has 0 rings (SSSR count). The van der Waals surface area contributed by atoms with Gasteiger partial charge in [-0.05, 0) is 19.8 Å². The first-order chi connectivity index (χ1) is 11.1. The summed E-state index contributed by atoms with van der Waals surface area (Å²) in [5.41, 5.74) is -1.00. The predicted octanol–water partition coefficient (Wildman–Crippen LogP) is 6.35. The van der Waals surface area contributed by atoms with E-state index in [0.29, 0.717) is 13.0 Å². The van der Waals surface area contributed by atoms with Crippen molar-refractivity contribution in [1.82, 2.24) is 0 Å². The van der Waals surface area contributed by atoms with Crippen molar-refractivity contribution < 1.29 is 14.6 Å². The van der Waals surface area contributed by atoms with Gasteiger partial charge in [0.05, 0.1) is 0 Å². The first kappa shape index (κ1) is 22.4. The summed E-state index contributed by atoms with van der Waals surface area (Å²) >= 11 is 0. The standard InChI is InChI=1S/C20H40O3/c1-4-6-7-8-9-10-11-12-13-14-15-16-17-18-23-20(3,5-2)19(21)22/h4-18H2,1-3H3,(H,21,22). The van der Waals surface area contributed by atoms with Gasteiger partial charge in [0.25, 0.3) is 0 Å². The number of rotatable bonds is 17. The Morgan fingerprint density at radius 1 is 0.783 bits per heavy atom. The van der Waals surface area contributed by atoms with Crippen LogP contribution in [0.2, 0.25) is 0 Å². The molecule has 0 saturated heterocycles. The van der Waals surface area contributed by atoms with Gasteiger partial charge < -0.3 is 9.84 Å². The lowest BCUT2D eigenvalue weighted by atomic mass is 10.0. The van der Waals surface area contributed by atoms with Crippen LogP contribution >= 0.6 is 0 Å². The van der Waals surface area contributed by atoms with Crippen LogP contribution < -0.4 is 0 Å². The van der Waals surface area contributed by atoms with E-state index < -0.39 is 11.6 Å². The minimum Gasteiger partial charge on any atom is -0.479 e. The number of carboxylic acids is 1. The van der Waals surface area contributed by atoms with Crippen molar-refractivity contribution >= 4 is 5.97 Å². The number of aliphatic carboxylic acids is 1. The van der Waals surface area contributed by atoms with Crippen LogP contribution in [-0.2, 0) is 9.53 Å². The summed E-state index contributed by atoms with van der Waals surface area (Å²) in [5, 5.41) is 9.11. The van der Waals surface area contributed by atoms with Crippen molar-refractivity contribution in [2.75, 3.05) is 6.61 Å². The van der Waals surface area contributed by atoms with Gasteiger partial charge in [0.2, 0.25) is 0 Å². The smallest absolute Gasteiger partial charge is 0.335 e. The average molecular weight is 329 g/mol. The van der Waals surface area contributed by atoms with Crippen molar-refractivity contribution in [2.24, 2.45) is 0 Å². The van der Waals surface area contributed by atoms with Crippen LogP contribution in [0.3, 0.4) is 0 Å². The molecule has 1 N–H and O–H groups in total. The van der Waals surface area contributed by atoms with Crippen LogP contribution in [0.4, 0.5) is 0 Å². The molecule has 0 aromatic heterocycles. The first-order valence-corrected chi connectivity index (χ1v) is 9.94. The van der Waals surface area contributed by atoms with Gasteiger partial charge in [-0.25, -0.2) is 4.79 Å². The Morgan fingerprint density at radius 3 is 1.52 bits per heavy atom. The van der Waals surface area contributed by atoms with Crippen LogP contribution in [0.15, 0.2) is 0 Å². The van der Waals surface area contributed by atoms with E-state index in [0.717, 1.165) is 12.8 Å². The normalized spacial score (nSPS) is 13.9. The second-order valence-corrected chi connectivity index (χ2v) is 6.98. The third kappa shape index (κ3) is 12.5. The molecule has 0 bridgehead atoms. The molecule has 0 spiro atoms. The summed E-state index contributed by atoms with van der Waals surface area (Å²) in [6, 6.07) is 0. The van der Waals surface area contributed by atoms with Gasteiger partial charge in [0, 0.05) is 6.61 Å². The fraction of sp³-hybridized carbons (Fsp3) is 0.950. The SMILES string of the molecule is CCCCCCCCCCCCCCCOC(C)(CC)C(=O)O. The molecule has 0 radical (unpaired) electrons. The number of carbonyl (C=O) groups is 1. The second-order valence-electron chi connectivity index (χ2n) is 6.98. The summed E-state index contributed by atoms with van der Waals surface area (Å²) in [4.78, 5) is 11.1. The molecule has 23 heavy (non-hydrogen) atoms. The van der Waals surface area contributed by atoms with Crippen molar-refractivity contribution in [3.63, 3.8) is 0 Å². The van der Waals surface area contributed by atoms with Crippen LogP contribution in [0, 0.1) is 0 Å². The number of ether oxygens (including phenoxy) is 1. The number of hydrogen-bond acceptors (Lipinski definition) is 2. The van der Waals surface area contributed by atoms with Gasteiger partial charge in [0.1, 0.15) is 0 Å². The maximum absolute atomic E-state index is 11.1. The molecule has 3 nitrogen and oxygen atoms in total. The molecule has 3 heteroatoms. The number of hydrogen-bond donors (Lipinski definition) is 1. The zero-order valence-corrected chi connectivity index (χ0v) is 15.9. The van der Waals surface area contributed by atoms with Crippen LogP contribution in [-0.4, -0.2) is 23.3 Å². The van der Waals surface area contributed by atoms with Gasteiger partial charge in [-0.15, -0.1) is 0 Å². The topological polar surface area (TPSA) is 46.5 Å². The molecule has 0 saturated carbocycles. The van der Waals surface area contributed by atoms with E-state index in [4.69, 9.17) is 9.84 Å². The van der Waals surface area contributed by atoms with Crippen molar-refractivity contribution in [3.8, 4) is 0 Å². The zero-order valence-electron chi connectivity index (χ0n) is 15.9. The Labute approximate surface area is 144 Å². The van der Waals surface area contributed by atoms with Gasteiger partial charge >= 0.3 is 5.97 Å². The Kier molecular flexibility index (Phi) is 14.6. The van der Waals surface area contributed by atoms with E-state index in [1.165, 1.54) is 70.6 Å². The summed E-state index contributed by atoms with van der Waals surface area (Å²) in [6.07, 6.45) is 17.7. The van der Waals surface area contributed by atoms with Crippen LogP contribution in [0.1, 0.15) is 111 Å². The van der Waals surface area contributed by atoms with E-state index in [1.807, 2.05) is 6.92 Å². The molecule has 0 aliphatic carbocycles. The maximum atomic E-state index is 11.1. The molecule has 1 unspecified atom stereocenters. The van der Waals surface area contributed by atoms with E-state index in [1.54, 1.807) is 6.92 Å². The molecule has 0 fully saturated rings. The summed E-state index contributed by atoms with van der Waals surface area (Å²) in [7, 11) is 0. The van der Waals surface area contributed by atoms with Gasteiger partial charge in [-0.1, -0.05) is 90.9 Å². The lowest BCUT2D eigenvalue weighted by Gasteiger charge is -2.23. The highest BCUT2D eigenvalue weighted by Crippen LogP contribution is 2.17. The minimum atomic E-state index is -1.00. The molecule has 1 atom stereocenters. The predicted molar refractivity (Wildman–Crippen MR) is 98.0 cm³/mol. The van der Waals surface area contributed by atoms with Crippen molar-refractivity contribution in [2.45, 2.75) is 116 Å². The van der Waals surface area contributed by atoms with E-state index >= 15 is 0 Å². The van der Waals surface area contributed by atoms with Gasteiger partial charge in [-0.3, -0.25) is 0 Å². The largest absolute Gasteiger partial charge is 0.479 e. The third-order valence-electron chi connectivity index (χ3n) is 4.80. The third-order valence-corrected chi connectivity index (χ3v) is 4.80. The summed E-state index contributed by atoms with van der Waals surface area (Å²) < 4.78 is 5.54. The maximum Gasteiger partial charge on any atom is 0.335 e. The zero-order chi connectivity index (χ0) is 17.4. The molecule has 0 aliphatic rings. The number of unbranched alkanes of at least 4 members (excludes halogenated alkanes) is 12. The highest BCUT2D eigenvalue weighted by molar-refractivity contribution is 5.76. The quantitative estimate of drug-likeness (QED) is 0.316. The van der Waals surface area contributed by atoms with Crippen LogP contribution in [0.25, 0.3) is 0 Å². The van der Waals surface area contributed by atoms with E-state index in [2.05, 4.69) is 6.92 Å². The second kappa shape index (κ2) is 15.0. The Hall–Kier alpha value is -0.570. The monoisotopic (exact) mass is 328 g/mol. The molecular formula is C20H40O3. The molecular weight excluding hydrogens is 288 g/mol. The lowest BCUT2D eigenvalue weighted by Crippen LogP contribution is -2.37. The molecule has 0 aromatic rings. The van der Waals surface area contributed by atoms with Gasteiger partial charge in [-0.2, -0.15) is 0 Å². The fourth-order valence-corrected chi connectivity index (χ4v) is 2.73. The van der Waals surface area contributed by atoms with Gasteiger partial charge in [0.15, 0.2) is 5.60 Å². The minimum absolute atomic E-state index is 0.515. The lowest BCUT2D eigenvalue weighted by molar-refractivity contribution is -0.164. The Balaban J connectivity index is 3.26. The molecule has 0 aromatic carbocycles.